The Kier molecular flexibility index (Phi) is 5.16. The number of carbonyl (C=O) groups is 1. The summed E-state index contributed by atoms with van der Waals surface area (Å²) < 4.78 is 5.20. The summed E-state index contributed by atoms with van der Waals surface area (Å²) in [6.45, 7) is 5.84. The van der Waals surface area contributed by atoms with Gasteiger partial charge in [0.2, 0.25) is 0 Å². The first kappa shape index (κ1) is 17.2. The monoisotopic (exact) mass is 332 g/mol. The van der Waals surface area contributed by atoms with Crippen molar-refractivity contribution in [2.45, 2.75) is 32.9 Å². The molecule has 1 amide bonds. The van der Waals surface area contributed by atoms with E-state index in [1.165, 1.54) is 0 Å². The van der Waals surface area contributed by atoms with Crippen molar-refractivity contribution in [1.82, 2.24) is 5.32 Å². The molecule has 3 N–H and O–H groups in total. The van der Waals surface area contributed by atoms with E-state index in [9.17, 15) is 4.79 Å². The van der Waals surface area contributed by atoms with Crippen LogP contribution in [0.25, 0.3) is 11.1 Å². The molecule has 0 saturated heterocycles. The maximum atomic E-state index is 11.7. The smallest absolute Gasteiger partial charge is 0.407 e. The third-order valence-electron chi connectivity index (χ3n) is 3.11. The molecule has 0 spiro atoms. The van der Waals surface area contributed by atoms with Crippen molar-refractivity contribution in [2.24, 2.45) is 0 Å². The molecule has 0 radical (unpaired) electrons. The fourth-order valence-corrected chi connectivity index (χ4v) is 2.23. The first-order valence-electron chi connectivity index (χ1n) is 7.36. The van der Waals surface area contributed by atoms with Crippen LogP contribution in [0.3, 0.4) is 0 Å². The lowest BCUT2D eigenvalue weighted by atomic mass is 10.0. The van der Waals surface area contributed by atoms with Crippen molar-refractivity contribution in [3.05, 3.63) is 53.1 Å². The van der Waals surface area contributed by atoms with Gasteiger partial charge in [-0.05, 0) is 50.1 Å². The second-order valence-corrected chi connectivity index (χ2v) is 6.72. The summed E-state index contributed by atoms with van der Waals surface area (Å²) in [5, 5.41) is 3.40. The number of alkyl carbamates (subject to hydrolysis) is 1. The first-order valence-corrected chi connectivity index (χ1v) is 7.73. The molecular weight excluding hydrogens is 312 g/mol. The molecule has 2 rings (SSSR count). The van der Waals surface area contributed by atoms with Crippen molar-refractivity contribution >= 4 is 23.4 Å². The van der Waals surface area contributed by atoms with Crippen LogP contribution in [0.2, 0.25) is 5.02 Å². The van der Waals surface area contributed by atoms with Crippen LogP contribution >= 0.6 is 11.6 Å². The second-order valence-electron chi connectivity index (χ2n) is 6.28. The van der Waals surface area contributed by atoms with E-state index in [4.69, 9.17) is 22.1 Å². The Morgan fingerprint density at radius 3 is 2.39 bits per heavy atom. The fourth-order valence-electron chi connectivity index (χ4n) is 2.10. The number of ether oxygens (including phenoxy) is 1. The first-order chi connectivity index (χ1) is 10.7. The molecule has 0 heterocycles. The molecule has 2 aromatic rings. The summed E-state index contributed by atoms with van der Waals surface area (Å²) in [6.07, 6.45) is -0.446. The van der Waals surface area contributed by atoms with Crippen LogP contribution in [-0.2, 0) is 11.3 Å². The Labute approximate surface area is 141 Å². The molecule has 5 heteroatoms. The number of amides is 1. The van der Waals surface area contributed by atoms with Crippen molar-refractivity contribution in [1.29, 1.82) is 0 Å². The Bertz CT molecular complexity index is 691. The topological polar surface area (TPSA) is 64.3 Å². The summed E-state index contributed by atoms with van der Waals surface area (Å²) in [5.41, 5.74) is 9.10. The molecule has 0 aliphatic carbocycles. The highest BCUT2D eigenvalue weighted by Gasteiger charge is 2.15. The molecule has 0 aliphatic rings. The SMILES string of the molecule is CC(C)(C)OC(=O)NCc1ccc(-c2ccc(Cl)cc2)c(N)c1. The Balaban J connectivity index is 2.05. The highest BCUT2D eigenvalue weighted by Crippen LogP contribution is 2.27. The van der Waals surface area contributed by atoms with E-state index in [1.54, 1.807) is 0 Å². The number of nitrogens with one attached hydrogen (secondary N) is 1. The average Bonchev–Trinajstić information content (AvgIpc) is 2.45. The molecule has 0 bridgehead atoms. The summed E-state index contributed by atoms with van der Waals surface area (Å²) >= 11 is 5.90. The van der Waals surface area contributed by atoms with Gasteiger partial charge in [0.1, 0.15) is 5.60 Å². The van der Waals surface area contributed by atoms with Crippen LogP contribution in [-0.4, -0.2) is 11.7 Å². The number of rotatable bonds is 3. The normalized spacial score (nSPS) is 11.1. The van der Waals surface area contributed by atoms with E-state index in [0.717, 1.165) is 16.7 Å². The Morgan fingerprint density at radius 2 is 1.83 bits per heavy atom. The van der Waals surface area contributed by atoms with Crippen LogP contribution in [0.4, 0.5) is 10.5 Å². The van der Waals surface area contributed by atoms with Gasteiger partial charge in [-0.1, -0.05) is 35.9 Å². The number of halogens is 1. The number of benzene rings is 2. The largest absolute Gasteiger partial charge is 0.444 e. The van der Waals surface area contributed by atoms with E-state index >= 15 is 0 Å². The van der Waals surface area contributed by atoms with Gasteiger partial charge < -0.3 is 15.8 Å². The van der Waals surface area contributed by atoms with E-state index in [0.29, 0.717) is 17.3 Å². The molecule has 23 heavy (non-hydrogen) atoms. The Morgan fingerprint density at radius 1 is 1.17 bits per heavy atom. The molecule has 2 aromatic carbocycles. The molecule has 0 saturated carbocycles. The van der Waals surface area contributed by atoms with Crippen molar-refractivity contribution < 1.29 is 9.53 Å². The number of hydrogen-bond donors (Lipinski definition) is 2. The van der Waals surface area contributed by atoms with Gasteiger partial charge in [-0.2, -0.15) is 0 Å². The van der Waals surface area contributed by atoms with Crippen LogP contribution in [0.5, 0.6) is 0 Å². The van der Waals surface area contributed by atoms with Crippen molar-refractivity contribution in [3.8, 4) is 11.1 Å². The van der Waals surface area contributed by atoms with Gasteiger partial charge >= 0.3 is 6.09 Å². The maximum Gasteiger partial charge on any atom is 0.407 e. The van der Waals surface area contributed by atoms with Gasteiger partial charge in [-0.25, -0.2) is 4.79 Å². The van der Waals surface area contributed by atoms with Gasteiger partial charge in [0.15, 0.2) is 0 Å². The van der Waals surface area contributed by atoms with Crippen molar-refractivity contribution in [2.75, 3.05) is 5.73 Å². The van der Waals surface area contributed by atoms with Gasteiger partial charge in [-0.15, -0.1) is 0 Å². The molecule has 0 fully saturated rings. The molecule has 0 aromatic heterocycles. The minimum absolute atomic E-state index is 0.361. The van der Waals surface area contributed by atoms with E-state index in [1.807, 2.05) is 63.2 Å². The number of carbonyl (C=O) groups excluding carboxylic acids is 1. The predicted molar refractivity (Wildman–Crippen MR) is 94.4 cm³/mol. The van der Waals surface area contributed by atoms with Gasteiger partial charge in [0.05, 0.1) is 0 Å². The Hall–Kier alpha value is -2.20. The zero-order valence-corrected chi connectivity index (χ0v) is 14.3. The van der Waals surface area contributed by atoms with Gasteiger partial charge in [0, 0.05) is 22.8 Å². The molecule has 4 nitrogen and oxygen atoms in total. The minimum Gasteiger partial charge on any atom is -0.444 e. The van der Waals surface area contributed by atoms with E-state index < -0.39 is 11.7 Å². The third-order valence-corrected chi connectivity index (χ3v) is 3.36. The van der Waals surface area contributed by atoms with Gasteiger partial charge in [0.25, 0.3) is 0 Å². The highest BCUT2D eigenvalue weighted by atomic mass is 35.5. The van der Waals surface area contributed by atoms with Gasteiger partial charge in [-0.3, -0.25) is 0 Å². The van der Waals surface area contributed by atoms with E-state index in [2.05, 4.69) is 5.32 Å². The fraction of sp³-hybridized carbons (Fsp3) is 0.278. The minimum atomic E-state index is -0.512. The summed E-state index contributed by atoms with van der Waals surface area (Å²) in [5.74, 6) is 0. The molecule has 0 atom stereocenters. The predicted octanol–water partition coefficient (Wildman–Crippen LogP) is 4.61. The number of nitrogen functional groups attached to an aromatic ring is 1. The number of hydrogen-bond acceptors (Lipinski definition) is 3. The summed E-state index contributed by atoms with van der Waals surface area (Å²) in [4.78, 5) is 11.7. The maximum absolute atomic E-state index is 11.7. The zero-order chi connectivity index (χ0) is 17.0. The second kappa shape index (κ2) is 6.92. The van der Waals surface area contributed by atoms with Crippen LogP contribution in [0.1, 0.15) is 26.3 Å². The third kappa shape index (κ3) is 5.18. The highest BCUT2D eigenvalue weighted by molar-refractivity contribution is 6.30. The lowest BCUT2D eigenvalue weighted by Crippen LogP contribution is -2.32. The molecule has 122 valence electrons. The van der Waals surface area contributed by atoms with Crippen LogP contribution < -0.4 is 11.1 Å². The number of nitrogens with two attached hydrogens (primary N) is 1. The van der Waals surface area contributed by atoms with Crippen LogP contribution in [0.15, 0.2) is 42.5 Å². The average molecular weight is 333 g/mol. The lowest BCUT2D eigenvalue weighted by molar-refractivity contribution is 0.0523. The molecular formula is C18H21ClN2O2. The quantitative estimate of drug-likeness (QED) is 0.806. The van der Waals surface area contributed by atoms with Crippen LogP contribution in [0, 0.1) is 0 Å². The number of anilines is 1. The van der Waals surface area contributed by atoms with E-state index in [-0.39, 0.29) is 0 Å². The van der Waals surface area contributed by atoms with Crippen molar-refractivity contribution in [3.63, 3.8) is 0 Å². The standard InChI is InChI=1S/C18H21ClN2O2/c1-18(2,3)23-17(22)21-11-12-4-9-15(16(20)10-12)13-5-7-14(19)8-6-13/h4-10H,11,20H2,1-3H3,(H,21,22). The summed E-state index contributed by atoms with van der Waals surface area (Å²) in [6, 6.07) is 13.2. The molecule has 0 aliphatic heterocycles. The lowest BCUT2D eigenvalue weighted by Gasteiger charge is -2.19. The molecule has 0 unspecified atom stereocenters. The zero-order valence-electron chi connectivity index (χ0n) is 13.5. The summed E-state index contributed by atoms with van der Waals surface area (Å²) in [7, 11) is 0.